The SMILES string of the molecule is CC(NC(=O)CC#N)C(O)c1ccc(S(C)(=O)=O)cc1. The molecule has 7 heteroatoms. The Hall–Kier alpha value is -1.91. The smallest absolute Gasteiger partial charge is 0.234 e. The van der Waals surface area contributed by atoms with Gasteiger partial charge in [0.2, 0.25) is 5.91 Å². The van der Waals surface area contributed by atoms with Gasteiger partial charge < -0.3 is 10.4 Å². The maximum absolute atomic E-state index is 11.3. The van der Waals surface area contributed by atoms with Crippen molar-refractivity contribution in [1.29, 1.82) is 5.26 Å². The molecule has 0 radical (unpaired) electrons. The number of benzene rings is 1. The van der Waals surface area contributed by atoms with E-state index in [2.05, 4.69) is 5.32 Å². The molecule has 1 aromatic rings. The molecule has 108 valence electrons. The largest absolute Gasteiger partial charge is 0.386 e. The highest BCUT2D eigenvalue weighted by atomic mass is 32.2. The lowest BCUT2D eigenvalue weighted by Gasteiger charge is -2.20. The van der Waals surface area contributed by atoms with E-state index in [-0.39, 0.29) is 11.3 Å². The molecule has 0 aliphatic heterocycles. The first-order valence-electron chi connectivity index (χ1n) is 5.90. The summed E-state index contributed by atoms with van der Waals surface area (Å²) in [7, 11) is -3.28. The Bertz CT molecular complexity index is 617. The van der Waals surface area contributed by atoms with Gasteiger partial charge in [-0.3, -0.25) is 4.79 Å². The predicted octanol–water partition coefficient (Wildman–Crippen LogP) is 0.542. The minimum Gasteiger partial charge on any atom is -0.386 e. The molecular formula is C13H16N2O4S. The number of nitrogens with one attached hydrogen (secondary N) is 1. The Labute approximate surface area is 118 Å². The van der Waals surface area contributed by atoms with E-state index in [0.717, 1.165) is 6.26 Å². The van der Waals surface area contributed by atoms with Crippen LogP contribution in [0.1, 0.15) is 25.0 Å². The highest BCUT2D eigenvalue weighted by Gasteiger charge is 2.18. The van der Waals surface area contributed by atoms with E-state index in [1.807, 2.05) is 0 Å². The van der Waals surface area contributed by atoms with Crippen LogP contribution < -0.4 is 5.32 Å². The van der Waals surface area contributed by atoms with Crippen LogP contribution in [0.5, 0.6) is 0 Å². The average Bonchev–Trinajstić information content (AvgIpc) is 2.37. The third kappa shape index (κ3) is 4.33. The number of hydrogen-bond donors (Lipinski definition) is 2. The molecular weight excluding hydrogens is 280 g/mol. The summed E-state index contributed by atoms with van der Waals surface area (Å²) in [6, 6.07) is 6.92. The number of nitriles is 1. The van der Waals surface area contributed by atoms with Crippen molar-refractivity contribution in [3.63, 3.8) is 0 Å². The van der Waals surface area contributed by atoms with Crippen LogP contribution in [0, 0.1) is 11.3 Å². The number of rotatable bonds is 5. The summed E-state index contributed by atoms with van der Waals surface area (Å²) in [4.78, 5) is 11.4. The Balaban J connectivity index is 2.80. The fourth-order valence-corrected chi connectivity index (χ4v) is 2.29. The third-order valence-corrected chi connectivity index (χ3v) is 3.88. The average molecular weight is 296 g/mol. The van der Waals surface area contributed by atoms with E-state index in [1.54, 1.807) is 13.0 Å². The zero-order valence-corrected chi connectivity index (χ0v) is 12.0. The second kappa shape index (κ2) is 6.50. The van der Waals surface area contributed by atoms with Crippen LogP contribution in [-0.4, -0.2) is 31.7 Å². The van der Waals surface area contributed by atoms with Crippen LogP contribution >= 0.6 is 0 Å². The van der Waals surface area contributed by atoms with E-state index in [4.69, 9.17) is 5.26 Å². The van der Waals surface area contributed by atoms with Crippen LogP contribution in [0.3, 0.4) is 0 Å². The van der Waals surface area contributed by atoms with Gasteiger partial charge in [-0.1, -0.05) is 12.1 Å². The van der Waals surface area contributed by atoms with Gasteiger partial charge in [0.05, 0.1) is 23.1 Å². The van der Waals surface area contributed by atoms with Crippen molar-refractivity contribution >= 4 is 15.7 Å². The fraction of sp³-hybridized carbons (Fsp3) is 0.385. The van der Waals surface area contributed by atoms with E-state index >= 15 is 0 Å². The molecule has 2 N–H and O–H groups in total. The van der Waals surface area contributed by atoms with Gasteiger partial charge in [0.15, 0.2) is 9.84 Å². The molecule has 0 saturated heterocycles. The number of nitrogens with zero attached hydrogens (tertiary/aromatic N) is 1. The van der Waals surface area contributed by atoms with Gasteiger partial charge in [-0.15, -0.1) is 0 Å². The third-order valence-electron chi connectivity index (χ3n) is 2.75. The number of hydrogen-bond acceptors (Lipinski definition) is 5. The molecule has 0 spiro atoms. The minimum absolute atomic E-state index is 0.162. The zero-order chi connectivity index (χ0) is 15.3. The molecule has 0 bridgehead atoms. The van der Waals surface area contributed by atoms with Crippen molar-refractivity contribution in [2.75, 3.05) is 6.26 Å². The van der Waals surface area contributed by atoms with Gasteiger partial charge in [0.1, 0.15) is 6.42 Å². The molecule has 0 heterocycles. The van der Waals surface area contributed by atoms with Gasteiger partial charge in [-0.25, -0.2) is 8.42 Å². The first-order valence-corrected chi connectivity index (χ1v) is 7.79. The zero-order valence-electron chi connectivity index (χ0n) is 11.2. The van der Waals surface area contributed by atoms with E-state index < -0.39 is 27.9 Å². The molecule has 0 fully saturated rings. The lowest BCUT2D eigenvalue weighted by Crippen LogP contribution is -2.36. The number of aliphatic hydroxyl groups is 1. The number of amides is 1. The Morgan fingerprint density at radius 2 is 1.95 bits per heavy atom. The standard InChI is InChI=1S/C13H16N2O4S/c1-9(15-12(16)7-8-14)13(17)10-3-5-11(6-4-10)20(2,18)19/h3-6,9,13,17H,7H2,1-2H3,(H,15,16). The molecule has 0 saturated carbocycles. The highest BCUT2D eigenvalue weighted by Crippen LogP contribution is 2.19. The summed E-state index contributed by atoms with van der Waals surface area (Å²) in [5.74, 6) is -0.466. The maximum atomic E-state index is 11.3. The van der Waals surface area contributed by atoms with Gasteiger partial charge in [-0.05, 0) is 24.6 Å². The van der Waals surface area contributed by atoms with Crippen molar-refractivity contribution in [2.24, 2.45) is 0 Å². The van der Waals surface area contributed by atoms with Crippen LogP contribution in [0.4, 0.5) is 0 Å². The van der Waals surface area contributed by atoms with E-state index in [0.29, 0.717) is 5.56 Å². The van der Waals surface area contributed by atoms with E-state index in [9.17, 15) is 18.3 Å². The second-order valence-corrected chi connectivity index (χ2v) is 6.49. The van der Waals surface area contributed by atoms with Crippen molar-refractivity contribution in [2.45, 2.75) is 30.4 Å². The second-order valence-electron chi connectivity index (χ2n) is 4.48. The van der Waals surface area contributed by atoms with Crippen molar-refractivity contribution < 1.29 is 18.3 Å². The summed E-state index contributed by atoms with van der Waals surface area (Å²) in [6.07, 6.45) is -0.154. The van der Waals surface area contributed by atoms with Gasteiger partial charge in [0, 0.05) is 6.26 Å². The molecule has 0 aliphatic carbocycles. The van der Waals surface area contributed by atoms with Crippen LogP contribution in [0.15, 0.2) is 29.2 Å². The normalized spacial score (nSPS) is 14.1. The fourth-order valence-electron chi connectivity index (χ4n) is 1.66. The van der Waals surface area contributed by atoms with Crippen molar-refractivity contribution in [1.82, 2.24) is 5.32 Å². The van der Waals surface area contributed by atoms with Crippen molar-refractivity contribution in [3.05, 3.63) is 29.8 Å². The maximum Gasteiger partial charge on any atom is 0.234 e. The van der Waals surface area contributed by atoms with Crippen LogP contribution in [0.25, 0.3) is 0 Å². The Morgan fingerprint density at radius 3 is 2.40 bits per heavy atom. The summed E-state index contributed by atoms with van der Waals surface area (Å²) in [5, 5.41) is 20.9. The molecule has 20 heavy (non-hydrogen) atoms. The molecule has 2 atom stereocenters. The first kappa shape index (κ1) is 16.1. The number of carbonyl (C=O) groups is 1. The minimum atomic E-state index is -3.28. The number of carbonyl (C=O) groups excluding carboxylic acids is 1. The van der Waals surface area contributed by atoms with E-state index in [1.165, 1.54) is 24.3 Å². The van der Waals surface area contributed by atoms with Crippen LogP contribution in [-0.2, 0) is 14.6 Å². The lowest BCUT2D eigenvalue weighted by atomic mass is 10.0. The highest BCUT2D eigenvalue weighted by molar-refractivity contribution is 7.90. The number of aliphatic hydroxyl groups excluding tert-OH is 1. The topological polar surface area (TPSA) is 107 Å². The summed E-state index contributed by atoms with van der Waals surface area (Å²) in [6.45, 7) is 1.60. The van der Waals surface area contributed by atoms with Gasteiger partial charge in [0.25, 0.3) is 0 Å². The molecule has 6 nitrogen and oxygen atoms in total. The first-order chi connectivity index (χ1) is 9.25. The molecule has 1 rings (SSSR count). The summed E-state index contributed by atoms with van der Waals surface area (Å²) in [5.41, 5.74) is 0.488. The Kier molecular flexibility index (Phi) is 5.25. The van der Waals surface area contributed by atoms with Crippen LogP contribution in [0.2, 0.25) is 0 Å². The molecule has 0 aliphatic rings. The lowest BCUT2D eigenvalue weighted by molar-refractivity contribution is -0.121. The van der Waals surface area contributed by atoms with Gasteiger partial charge in [-0.2, -0.15) is 5.26 Å². The predicted molar refractivity (Wildman–Crippen MR) is 72.3 cm³/mol. The van der Waals surface area contributed by atoms with Crippen molar-refractivity contribution in [3.8, 4) is 6.07 Å². The monoisotopic (exact) mass is 296 g/mol. The summed E-state index contributed by atoms with van der Waals surface area (Å²) < 4.78 is 22.6. The van der Waals surface area contributed by atoms with Gasteiger partial charge >= 0.3 is 0 Å². The summed E-state index contributed by atoms with van der Waals surface area (Å²) >= 11 is 0. The molecule has 0 aromatic heterocycles. The quantitative estimate of drug-likeness (QED) is 0.824. The Morgan fingerprint density at radius 1 is 1.40 bits per heavy atom. The molecule has 1 amide bonds. The molecule has 2 unspecified atom stereocenters. The molecule has 1 aromatic carbocycles. The number of sulfone groups is 1.